The van der Waals surface area contributed by atoms with Crippen LogP contribution in [-0.2, 0) is 4.79 Å². The summed E-state index contributed by atoms with van der Waals surface area (Å²) in [6, 6.07) is 21.8. The molecule has 0 aliphatic carbocycles. The Kier molecular flexibility index (Phi) is 7.91. The molecule has 154 valence electrons. The standard InChI is InChI=1S/C25H21N3O3/c29-24(21-13-5-2-6-14-21)27-23(17-7-12-20-10-3-1-4-11-20)25(30)28-26-18-8-15-22-16-9-19-31-22/h1-19H,(H,27,29)(H,28,30)/b12-7+,15-8+,23-17-,26-18-. The molecule has 0 radical (unpaired) electrons. The fraction of sp³-hybridized carbons (Fsp3) is 0. The number of rotatable bonds is 8. The Morgan fingerprint density at radius 2 is 1.58 bits per heavy atom. The zero-order valence-corrected chi connectivity index (χ0v) is 16.6. The molecular formula is C25H21N3O3. The van der Waals surface area contributed by atoms with E-state index >= 15 is 0 Å². The molecule has 6 heteroatoms. The number of carbonyl (C=O) groups excluding carboxylic acids is 2. The van der Waals surface area contributed by atoms with Crippen molar-refractivity contribution < 1.29 is 14.0 Å². The molecule has 0 bridgehead atoms. The quantitative estimate of drug-likeness (QED) is 0.249. The minimum atomic E-state index is -0.551. The minimum absolute atomic E-state index is 0.0631. The zero-order valence-electron chi connectivity index (χ0n) is 16.6. The number of hydrogen-bond donors (Lipinski definition) is 2. The summed E-state index contributed by atoms with van der Waals surface area (Å²) >= 11 is 0. The van der Waals surface area contributed by atoms with Crippen LogP contribution in [0.4, 0.5) is 0 Å². The van der Waals surface area contributed by atoms with Crippen molar-refractivity contribution in [2.75, 3.05) is 0 Å². The lowest BCUT2D eigenvalue weighted by atomic mass is 10.2. The van der Waals surface area contributed by atoms with E-state index in [1.165, 1.54) is 12.3 Å². The first-order chi connectivity index (χ1) is 15.2. The Balaban J connectivity index is 1.69. The molecule has 6 nitrogen and oxygen atoms in total. The molecule has 0 spiro atoms. The fourth-order valence-electron chi connectivity index (χ4n) is 2.50. The summed E-state index contributed by atoms with van der Waals surface area (Å²) in [6.07, 6.45) is 11.3. The van der Waals surface area contributed by atoms with Gasteiger partial charge in [0.15, 0.2) is 0 Å². The van der Waals surface area contributed by atoms with E-state index in [2.05, 4.69) is 15.8 Å². The molecule has 1 aromatic heterocycles. The summed E-state index contributed by atoms with van der Waals surface area (Å²) < 4.78 is 5.17. The van der Waals surface area contributed by atoms with Gasteiger partial charge in [0, 0.05) is 11.8 Å². The SMILES string of the molecule is O=C(N/N=C\C=C\c1ccco1)/C(=C/C=C/c1ccccc1)NC(=O)c1ccccc1. The Bertz CT molecular complexity index is 1100. The van der Waals surface area contributed by atoms with Crippen LogP contribution < -0.4 is 10.7 Å². The second-order valence-corrected chi connectivity index (χ2v) is 6.26. The molecule has 0 unspecified atom stereocenters. The molecule has 0 fully saturated rings. The van der Waals surface area contributed by atoms with Crippen molar-refractivity contribution in [3.05, 3.63) is 120 Å². The number of hydrogen-bond acceptors (Lipinski definition) is 4. The van der Waals surface area contributed by atoms with Gasteiger partial charge in [0.05, 0.1) is 6.26 Å². The van der Waals surface area contributed by atoms with Gasteiger partial charge in [-0.2, -0.15) is 5.10 Å². The number of amides is 2. The normalized spacial score (nSPS) is 11.9. The lowest BCUT2D eigenvalue weighted by molar-refractivity contribution is -0.117. The van der Waals surface area contributed by atoms with Crippen LogP contribution in [-0.4, -0.2) is 18.0 Å². The van der Waals surface area contributed by atoms with E-state index in [1.54, 1.807) is 60.9 Å². The first-order valence-electron chi connectivity index (χ1n) is 9.56. The van der Waals surface area contributed by atoms with Crippen LogP contribution in [0.2, 0.25) is 0 Å². The van der Waals surface area contributed by atoms with E-state index in [0.717, 1.165) is 5.56 Å². The van der Waals surface area contributed by atoms with Crippen molar-refractivity contribution in [2.45, 2.75) is 0 Å². The predicted octanol–water partition coefficient (Wildman–Crippen LogP) is 4.42. The van der Waals surface area contributed by atoms with Gasteiger partial charge in [0.1, 0.15) is 11.5 Å². The smallest absolute Gasteiger partial charge is 0.287 e. The van der Waals surface area contributed by atoms with Crippen molar-refractivity contribution in [2.24, 2.45) is 5.10 Å². The van der Waals surface area contributed by atoms with Gasteiger partial charge in [0.25, 0.3) is 11.8 Å². The van der Waals surface area contributed by atoms with Gasteiger partial charge in [-0.3, -0.25) is 9.59 Å². The van der Waals surface area contributed by atoms with E-state index in [9.17, 15) is 9.59 Å². The first kappa shape index (κ1) is 21.3. The van der Waals surface area contributed by atoms with Gasteiger partial charge >= 0.3 is 0 Å². The number of furan rings is 1. The predicted molar refractivity (Wildman–Crippen MR) is 122 cm³/mol. The molecular weight excluding hydrogens is 390 g/mol. The maximum absolute atomic E-state index is 12.6. The zero-order chi connectivity index (χ0) is 21.7. The van der Waals surface area contributed by atoms with Crippen LogP contribution in [0.15, 0.2) is 113 Å². The van der Waals surface area contributed by atoms with Gasteiger partial charge in [-0.1, -0.05) is 60.7 Å². The van der Waals surface area contributed by atoms with E-state index in [-0.39, 0.29) is 5.70 Å². The van der Waals surface area contributed by atoms with E-state index < -0.39 is 11.8 Å². The highest BCUT2D eigenvalue weighted by molar-refractivity contribution is 6.03. The number of allylic oxidation sites excluding steroid dienone is 3. The molecule has 31 heavy (non-hydrogen) atoms. The molecule has 0 saturated carbocycles. The van der Waals surface area contributed by atoms with E-state index in [4.69, 9.17) is 4.42 Å². The largest absolute Gasteiger partial charge is 0.465 e. The molecule has 0 atom stereocenters. The van der Waals surface area contributed by atoms with E-state index in [0.29, 0.717) is 11.3 Å². The average Bonchev–Trinajstić information content (AvgIpc) is 3.33. The summed E-state index contributed by atoms with van der Waals surface area (Å²) in [5.74, 6) is -0.277. The van der Waals surface area contributed by atoms with Crippen molar-refractivity contribution in [1.82, 2.24) is 10.7 Å². The maximum atomic E-state index is 12.6. The van der Waals surface area contributed by atoms with Crippen LogP contribution in [0.5, 0.6) is 0 Å². The van der Waals surface area contributed by atoms with Gasteiger partial charge in [-0.25, -0.2) is 5.43 Å². The number of carbonyl (C=O) groups is 2. The molecule has 3 aromatic rings. The second-order valence-electron chi connectivity index (χ2n) is 6.26. The molecule has 1 heterocycles. The third-order valence-corrected chi connectivity index (χ3v) is 4.01. The molecule has 0 saturated heterocycles. The lowest BCUT2D eigenvalue weighted by Gasteiger charge is -2.08. The van der Waals surface area contributed by atoms with E-state index in [1.807, 2.05) is 42.5 Å². The van der Waals surface area contributed by atoms with Gasteiger partial charge in [0.2, 0.25) is 0 Å². The lowest BCUT2D eigenvalue weighted by Crippen LogP contribution is -2.32. The van der Waals surface area contributed by atoms with Gasteiger partial charge in [-0.05, 0) is 48.1 Å². The molecule has 2 amide bonds. The van der Waals surface area contributed by atoms with Crippen molar-refractivity contribution >= 4 is 30.2 Å². The first-order valence-corrected chi connectivity index (χ1v) is 9.56. The molecule has 2 aromatic carbocycles. The third kappa shape index (κ3) is 7.14. The molecule has 0 aliphatic heterocycles. The third-order valence-electron chi connectivity index (χ3n) is 4.01. The molecule has 3 rings (SSSR count). The second kappa shape index (κ2) is 11.5. The van der Waals surface area contributed by atoms with Crippen LogP contribution in [0.3, 0.4) is 0 Å². The van der Waals surface area contributed by atoms with Crippen molar-refractivity contribution in [3.63, 3.8) is 0 Å². The number of hydrazone groups is 1. The van der Waals surface area contributed by atoms with Crippen molar-refractivity contribution in [1.29, 1.82) is 0 Å². The Labute approximate surface area is 180 Å². The van der Waals surface area contributed by atoms with Crippen molar-refractivity contribution in [3.8, 4) is 0 Å². The fourth-order valence-corrected chi connectivity index (χ4v) is 2.50. The Hall–Kier alpha value is -4.45. The Morgan fingerprint density at radius 3 is 2.29 bits per heavy atom. The summed E-state index contributed by atoms with van der Waals surface area (Å²) in [4.78, 5) is 25.0. The van der Waals surface area contributed by atoms with Gasteiger partial charge < -0.3 is 9.73 Å². The Morgan fingerprint density at radius 1 is 0.839 bits per heavy atom. The average molecular weight is 411 g/mol. The van der Waals surface area contributed by atoms with Crippen LogP contribution >= 0.6 is 0 Å². The molecule has 2 N–H and O–H groups in total. The highest BCUT2D eigenvalue weighted by Crippen LogP contribution is 2.04. The summed E-state index contributed by atoms with van der Waals surface area (Å²) in [5.41, 5.74) is 3.87. The van der Waals surface area contributed by atoms with Crippen LogP contribution in [0, 0.1) is 0 Å². The molecule has 0 aliphatic rings. The highest BCUT2D eigenvalue weighted by atomic mass is 16.3. The minimum Gasteiger partial charge on any atom is -0.465 e. The van der Waals surface area contributed by atoms with Crippen LogP contribution in [0.25, 0.3) is 12.2 Å². The summed E-state index contributed by atoms with van der Waals surface area (Å²) in [6.45, 7) is 0. The number of nitrogens with one attached hydrogen (secondary N) is 2. The highest BCUT2D eigenvalue weighted by Gasteiger charge is 2.13. The summed E-state index contributed by atoms with van der Waals surface area (Å²) in [5, 5.41) is 6.50. The number of nitrogens with zero attached hydrogens (tertiary/aromatic N) is 1. The monoisotopic (exact) mass is 411 g/mol. The number of benzene rings is 2. The van der Waals surface area contributed by atoms with Gasteiger partial charge in [-0.15, -0.1) is 0 Å². The van der Waals surface area contributed by atoms with Crippen LogP contribution in [0.1, 0.15) is 21.7 Å². The topological polar surface area (TPSA) is 83.7 Å². The maximum Gasteiger partial charge on any atom is 0.287 e. The summed E-state index contributed by atoms with van der Waals surface area (Å²) in [7, 11) is 0.